The summed E-state index contributed by atoms with van der Waals surface area (Å²) >= 11 is 0. The molecule has 0 heterocycles. The fraction of sp³-hybridized carbons (Fsp3) is 0.710. The van der Waals surface area contributed by atoms with E-state index >= 15 is 0 Å². The fourth-order valence-electron chi connectivity index (χ4n) is 5.16. The molecular weight excluding hydrogens is 516 g/mol. The summed E-state index contributed by atoms with van der Waals surface area (Å²) in [6, 6.07) is 10.4. The van der Waals surface area contributed by atoms with E-state index in [0.717, 1.165) is 32.1 Å². The number of aryl methyl sites for hydroxylation is 1. The van der Waals surface area contributed by atoms with Crippen LogP contribution in [0, 0.1) is 11.8 Å². The molecule has 0 spiro atoms. The highest BCUT2D eigenvalue weighted by molar-refractivity contribution is 5.66. The number of hydrogen-bond donors (Lipinski definition) is 2. The largest absolute Gasteiger partial charge is 0.481 e. The van der Waals surface area contributed by atoms with Gasteiger partial charge in [-0.25, -0.2) is 0 Å². The summed E-state index contributed by atoms with van der Waals surface area (Å²) in [5.41, 5.74) is 1.27. The molecule has 0 aromatic heterocycles. The normalized spacial score (nSPS) is 21.8. The number of hydrogen-bond acceptors (Lipinski definition) is 8. The predicted molar refractivity (Wildman–Crippen MR) is 152 cm³/mol. The third-order valence-electron chi connectivity index (χ3n) is 7.37. The Bertz CT molecular complexity index is 788. The first-order valence-corrected chi connectivity index (χ1v) is 14.5. The smallest absolute Gasteiger partial charge is 0.303 e. The number of carbonyl (C=O) groups is 1. The molecule has 40 heavy (non-hydrogen) atoms. The minimum atomic E-state index is -0.777. The molecule has 2 rings (SSSR count). The molecule has 9 nitrogen and oxygen atoms in total. The maximum atomic E-state index is 11.0. The van der Waals surface area contributed by atoms with Gasteiger partial charge in [0.1, 0.15) is 13.6 Å². The molecule has 2 N–H and O–H groups in total. The van der Waals surface area contributed by atoms with Gasteiger partial charge in [-0.15, -0.1) is 0 Å². The van der Waals surface area contributed by atoms with Gasteiger partial charge in [0.15, 0.2) is 0 Å². The van der Waals surface area contributed by atoms with Crippen LogP contribution in [0.15, 0.2) is 42.5 Å². The van der Waals surface area contributed by atoms with Crippen LogP contribution in [-0.4, -0.2) is 88.7 Å². The zero-order valence-electron chi connectivity index (χ0n) is 24.3. The molecule has 228 valence electrons. The molecular formula is C31H50O9. The summed E-state index contributed by atoms with van der Waals surface area (Å²) in [6.45, 7) is 2.34. The second-order valence-electron chi connectivity index (χ2n) is 10.3. The number of ether oxygens (including phenoxy) is 6. The highest BCUT2D eigenvalue weighted by Gasteiger charge is 2.42. The van der Waals surface area contributed by atoms with Crippen LogP contribution < -0.4 is 0 Å². The molecule has 1 unspecified atom stereocenters. The first-order chi connectivity index (χ1) is 19.5. The summed E-state index contributed by atoms with van der Waals surface area (Å²) in [5, 5.41) is 19.8. The Balaban J connectivity index is 1.99. The lowest BCUT2D eigenvalue weighted by Gasteiger charge is -2.27. The average molecular weight is 567 g/mol. The number of methoxy groups -OCH3 is 2. The third kappa shape index (κ3) is 14.7. The molecule has 1 saturated carbocycles. The van der Waals surface area contributed by atoms with Crippen LogP contribution in [0.1, 0.15) is 56.9 Å². The number of aliphatic hydroxyl groups is 1. The SMILES string of the molecule is COCCOCOC(CCc1ccccc1)CC[C@@H]1[C@@H](CC=CCCCC(=O)O)[C@@H](O)C[C@H]1OCOCCOC. The quantitative estimate of drug-likeness (QED) is 0.105. The Kier molecular flexibility index (Phi) is 18.8. The van der Waals surface area contributed by atoms with Gasteiger partial charge in [0, 0.05) is 27.1 Å². The molecule has 1 fully saturated rings. The Morgan fingerprint density at radius 2 is 1.70 bits per heavy atom. The summed E-state index contributed by atoms with van der Waals surface area (Å²) in [4.78, 5) is 10.8. The number of benzene rings is 1. The minimum Gasteiger partial charge on any atom is -0.481 e. The van der Waals surface area contributed by atoms with E-state index in [1.807, 2.05) is 12.1 Å². The van der Waals surface area contributed by atoms with Gasteiger partial charge in [-0.3, -0.25) is 4.79 Å². The number of aliphatic carboxylic acids is 1. The Morgan fingerprint density at radius 1 is 0.975 bits per heavy atom. The van der Waals surface area contributed by atoms with Gasteiger partial charge >= 0.3 is 5.97 Å². The summed E-state index contributed by atoms with van der Waals surface area (Å²) in [7, 11) is 3.28. The van der Waals surface area contributed by atoms with E-state index < -0.39 is 12.1 Å². The second-order valence-corrected chi connectivity index (χ2v) is 10.3. The molecule has 1 aromatic carbocycles. The van der Waals surface area contributed by atoms with E-state index in [4.69, 9.17) is 33.5 Å². The Hall–Kier alpha value is -1.85. The van der Waals surface area contributed by atoms with Crippen molar-refractivity contribution in [2.24, 2.45) is 11.8 Å². The summed E-state index contributed by atoms with van der Waals surface area (Å²) in [6.07, 6.45) is 9.73. The number of carboxylic acid groups (broad SMARTS) is 1. The van der Waals surface area contributed by atoms with Crippen molar-refractivity contribution in [1.82, 2.24) is 0 Å². The van der Waals surface area contributed by atoms with Crippen molar-refractivity contribution in [2.45, 2.75) is 76.1 Å². The number of rotatable bonds is 24. The standard InChI is InChI=1S/C31H50O9/c1-35-18-20-37-23-39-26(15-14-25-10-6-5-7-11-25)16-17-28-27(12-8-3-4-9-13-31(33)34)29(32)22-30(28)40-24-38-21-19-36-2/h3,5-8,10-11,26-30,32H,4,9,12-24H2,1-2H3,(H,33,34)/t26?,27-,28-,29+,30-/m1/s1. The lowest BCUT2D eigenvalue weighted by atomic mass is 9.85. The molecule has 0 amide bonds. The van der Waals surface area contributed by atoms with Gasteiger partial charge in [-0.2, -0.15) is 0 Å². The van der Waals surface area contributed by atoms with Crippen molar-refractivity contribution in [1.29, 1.82) is 0 Å². The minimum absolute atomic E-state index is 0.00584. The van der Waals surface area contributed by atoms with Crippen LogP contribution >= 0.6 is 0 Å². The van der Waals surface area contributed by atoms with Gasteiger partial charge < -0.3 is 38.6 Å². The highest BCUT2D eigenvalue weighted by Crippen LogP contribution is 2.40. The van der Waals surface area contributed by atoms with E-state index in [-0.39, 0.29) is 44.1 Å². The van der Waals surface area contributed by atoms with E-state index in [1.165, 1.54) is 5.56 Å². The van der Waals surface area contributed by atoms with Gasteiger partial charge in [-0.1, -0.05) is 42.5 Å². The molecule has 1 aromatic rings. The van der Waals surface area contributed by atoms with Crippen LogP contribution in [0.4, 0.5) is 0 Å². The summed E-state index contributed by atoms with van der Waals surface area (Å²) < 4.78 is 33.5. The number of unbranched alkanes of at least 4 members (excludes halogenated alkanes) is 1. The molecule has 1 aliphatic carbocycles. The van der Waals surface area contributed by atoms with E-state index in [2.05, 4.69) is 30.3 Å². The van der Waals surface area contributed by atoms with Crippen LogP contribution in [0.25, 0.3) is 0 Å². The molecule has 0 saturated heterocycles. The highest BCUT2D eigenvalue weighted by atomic mass is 16.7. The molecule has 0 aliphatic heterocycles. The molecule has 1 aliphatic rings. The Labute approximate surface area is 239 Å². The average Bonchev–Trinajstić information content (AvgIpc) is 3.25. The van der Waals surface area contributed by atoms with Crippen LogP contribution in [0.5, 0.6) is 0 Å². The first kappa shape index (κ1) is 34.4. The Morgan fingerprint density at radius 3 is 2.40 bits per heavy atom. The molecule has 5 atom stereocenters. The third-order valence-corrected chi connectivity index (χ3v) is 7.37. The first-order valence-electron chi connectivity index (χ1n) is 14.5. The monoisotopic (exact) mass is 566 g/mol. The van der Waals surface area contributed by atoms with Gasteiger partial charge in [0.05, 0.1) is 44.7 Å². The maximum absolute atomic E-state index is 11.0. The summed E-state index contributed by atoms with van der Waals surface area (Å²) in [5.74, 6) is -0.588. The van der Waals surface area contributed by atoms with Crippen molar-refractivity contribution in [3.8, 4) is 0 Å². The van der Waals surface area contributed by atoms with Crippen molar-refractivity contribution in [3.63, 3.8) is 0 Å². The van der Waals surface area contributed by atoms with E-state index in [0.29, 0.717) is 45.7 Å². The van der Waals surface area contributed by atoms with Crippen LogP contribution in [-0.2, 0) is 39.6 Å². The maximum Gasteiger partial charge on any atom is 0.303 e. The van der Waals surface area contributed by atoms with E-state index in [9.17, 15) is 9.90 Å². The lowest BCUT2D eigenvalue weighted by Crippen LogP contribution is -2.27. The number of carboxylic acids is 1. The second kappa shape index (κ2) is 21.8. The van der Waals surface area contributed by atoms with E-state index in [1.54, 1.807) is 14.2 Å². The van der Waals surface area contributed by atoms with Crippen LogP contribution in [0.2, 0.25) is 0 Å². The number of allylic oxidation sites excluding steroid dienone is 2. The number of aliphatic hydroxyl groups excluding tert-OH is 1. The molecule has 0 bridgehead atoms. The van der Waals surface area contributed by atoms with Gasteiger partial charge in [0.25, 0.3) is 0 Å². The zero-order chi connectivity index (χ0) is 28.8. The fourth-order valence-corrected chi connectivity index (χ4v) is 5.16. The van der Waals surface area contributed by atoms with Crippen molar-refractivity contribution < 1.29 is 43.4 Å². The lowest BCUT2D eigenvalue weighted by molar-refractivity contribution is -0.137. The van der Waals surface area contributed by atoms with Gasteiger partial charge in [-0.05, 0) is 62.3 Å². The van der Waals surface area contributed by atoms with Crippen molar-refractivity contribution >= 4 is 5.97 Å². The topological polar surface area (TPSA) is 113 Å². The van der Waals surface area contributed by atoms with Crippen LogP contribution in [0.3, 0.4) is 0 Å². The molecule has 0 radical (unpaired) electrons. The van der Waals surface area contributed by atoms with Crippen molar-refractivity contribution in [3.05, 3.63) is 48.0 Å². The van der Waals surface area contributed by atoms with Crippen molar-refractivity contribution in [2.75, 3.05) is 54.2 Å². The molecule has 9 heteroatoms. The van der Waals surface area contributed by atoms with Gasteiger partial charge in [0.2, 0.25) is 0 Å². The predicted octanol–water partition coefficient (Wildman–Crippen LogP) is 4.61. The zero-order valence-corrected chi connectivity index (χ0v) is 24.3.